The van der Waals surface area contributed by atoms with Gasteiger partial charge in [0.05, 0.1) is 13.2 Å². The number of aromatic amines is 1. The molecular formula is C17H22N2O. The molecule has 2 aliphatic rings. The highest BCUT2D eigenvalue weighted by Gasteiger charge is 2.45. The Kier molecular flexibility index (Phi) is 2.46. The highest BCUT2D eigenvalue weighted by Crippen LogP contribution is 2.50. The molecule has 2 aromatic rings. The highest BCUT2D eigenvalue weighted by atomic mass is 16.5. The van der Waals surface area contributed by atoms with E-state index >= 15 is 0 Å². The van der Waals surface area contributed by atoms with Gasteiger partial charge in [-0.1, -0.05) is 13.8 Å². The molecule has 1 aromatic heterocycles. The van der Waals surface area contributed by atoms with Gasteiger partial charge in [0.25, 0.3) is 0 Å². The molecule has 0 amide bonds. The zero-order chi connectivity index (χ0) is 13.9. The number of H-pyrrole nitrogens is 1. The number of hydrogen-bond acceptors (Lipinski definition) is 2. The van der Waals surface area contributed by atoms with Gasteiger partial charge in [-0.3, -0.25) is 4.90 Å². The number of nitrogens with one attached hydrogen (secondary N) is 1. The number of benzene rings is 1. The van der Waals surface area contributed by atoms with Crippen LogP contribution in [0.2, 0.25) is 0 Å². The summed E-state index contributed by atoms with van der Waals surface area (Å²) in [5, 5.41) is 1.35. The fourth-order valence-corrected chi connectivity index (χ4v) is 4.14. The van der Waals surface area contributed by atoms with Crippen molar-refractivity contribution < 1.29 is 4.74 Å². The summed E-state index contributed by atoms with van der Waals surface area (Å²) in [6.07, 6.45) is 2.44. The minimum Gasteiger partial charge on any atom is -0.497 e. The molecule has 1 unspecified atom stereocenters. The van der Waals surface area contributed by atoms with Crippen molar-refractivity contribution in [3.8, 4) is 5.75 Å². The molecule has 2 aliphatic heterocycles. The average Bonchev–Trinajstić information content (AvgIpc) is 2.95. The van der Waals surface area contributed by atoms with Gasteiger partial charge < -0.3 is 9.72 Å². The number of hydrogen-bond donors (Lipinski definition) is 1. The van der Waals surface area contributed by atoms with Crippen LogP contribution < -0.4 is 4.74 Å². The summed E-state index contributed by atoms with van der Waals surface area (Å²) in [4.78, 5) is 6.34. The predicted molar refractivity (Wildman–Crippen MR) is 81.3 cm³/mol. The maximum absolute atomic E-state index is 5.39. The van der Waals surface area contributed by atoms with E-state index < -0.39 is 0 Å². The molecule has 0 saturated carbocycles. The minimum atomic E-state index is 0.361. The lowest BCUT2D eigenvalue weighted by atomic mass is 9.80. The lowest BCUT2D eigenvalue weighted by molar-refractivity contribution is 0.168. The fraction of sp³-hybridized carbons (Fsp3) is 0.529. The number of nitrogens with zero attached hydrogens (tertiary/aromatic N) is 1. The van der Waals surface area contributed by atoms with E-state index in [0.717, 1.165) is 12.2 Å². The third kappa shape index (κ3) is 1.56. The summed E-state index contributed by atoms with van der Waals surface area (Å²) < 4.78 is 5.39. The molecule has 1 N–H and O–H groups in total. The lowest BCUT2D eigenvalue weighted by Gasteiger charge is -2.36. The van der Waals surface area contributed by atoms with Gasteiger partial charge in [-0.2, -0.15) is 0 Å². The summed E-state index contributed by atoms with van der Waals surface area (Å²) in [5.74, 6) is 0.951. The van der Waals surface area contributed by atoms with Crippen LogP contribution in [0.4, 0.5) is 0 Å². The van der Waals surface area contributed by atoms with Crippen LogP contribution in [-0.4, -0.2) is 30.1 Å². The Hall–Kier alpha value is -1.48. The molecule has 0 spiro atoms. The molecule has 3 nitrogen and oxygen atoms in total. The summed E-state index contributed by atoms with van der Waals surface area (Å²) in [5.41, 5.74) is 4.57. The Balaban J connectivity index is 1.92. The third-order valence-corrected chi connectivity index (χ3v) is 5.22. The normalized spacial score (nSPS) is 24.6. The molecule has 1 saturated heterocycles. The van der Waals surface area contributed by atoms with E-state index in [1.165, 1.54) is 41.7 Å². The Morgan fingerprint density at radius 3 is 2.95 bits per heavy atom. The van der Waals surface area contributed by atoms with Gasteiger partial charge in [0.15, 0.2) is 0 Å². The average molecular weight is 270 g/mol. The zero-order valence-electron chi connectivity index (χ0n) is 12.5. The van der Waals surface area contributed by atoms with Gasteiger partial charge in [0.1, 0.15) is 5.75 Å². The van der Waals surface area contributed by atoms with Crippen LogP contribution >= 0.6 is 0 Å². The second-order valence-corrected chi connectivity index (χ2v) is 6.86. The first-order valence-electron chi connectivity index (χ1n) is 7.53. The van der Waals surface area contributed by atoms with Crippen LogP contribution in [0.1, 0.15) is 37.6 Å². The summed E-state index contributed by atoms with van der Waals surface area (Å²) in [7, 11) is 1.74. The summed E-state index contributed by atoms with van der Waals surface area (Å²) >= 11 is 0. The van der Waals surface area contributed by atoms with Crippen molar-refractivity contribution in [3.05, 3.63) is 29.5 Å². The number of rotatable bonds is 1. The predicted octanol–water partition coefficient (Wildman–Crippen LogP) is 3.51. The largest absolute Gasteiger partial charge is 0.497 e. The van der Waals surface area contributed by atoms with Crippen molar-refractivity contribution in [1.29, 1.82) is 0 Å². The van der Waals surface area contributed by atoms with Gasteiger partial charge in [0.2, 0.25) is 0 Å². The van der Waals surface area contributed by atoms with Crippen LogP contribution in [0.25, 0.3) is 10.9 Å². The fourth-order valence-electron chi connectivity index (χ4n) is 4.14. The van der Waals surface area contributed by atoms with Gasteiger partial charge in [0, 0.05) is 23.1 Å². The van der Waals surface area contributed by atoms with Crippen molar-refractivity contribution >= 4 is 10.9 Å². The SMILES string of the molecule is COc1ccc2[nH]c3c(c2c1)CCN1CCC(C)(C)C31. The monoisotopic (exact) mass is 270 g/mol. The topological polar surface area (TPSA) is 28.3 Å². The number of methoxy groups -OCH3 is 1. The molecular weight excluding hydrogens is 248 g/mol. The van der Waals surface area contributed by atoms with E-state index in [9.17, 15) is 0 Å². The van der Waals surface area contributed by atoms with Crippen molar-refractivity contribution in [3.63, 3.8) is 0 Å². The maximum Gasteiger partial charge on any atom is 0.119 e. The summed E-state index contributed by atoms with van der Waals surface area (Å²) in [6, 6.07) is 6.92. The first kappa shape index (κ1) is 12.3. The molecule has 1 atom stereocenters. The van der Waals surface area contributed by atoms with Crippen LogP contribution in [-0.2, 0) is 6.42 Å². The maximum atomic E-state index is 5.39. The van der Waals surface area contributed by atoms with E-state index in [-0.39, 0.29) is 0 Å². The third-order valence-electron chi connectivity index (χ3n) is 5.22. The van der Waals surface area contributed by atoms with Crippen molar-refractivity contribution in [1.82, 2.24) is 9.88 Å². The van der Waals surface area contributed by atoms with Crippen LogP contribution in [0.5, 0.6) is 5.75 Å². The van der Waals surface area contributed by atoms with E-state index in [4.69, 9.17) is 4.74 Å². The minimum absolute atomic E-state index is 0.361. The first-order chi connectivity index (χ1) is 9.60. The number of aromatic nitrogens is 1. The second-order valence-electron chi connectivity index (χ2n) is 6.86. The Morgan fingerprint density at radius 1 is 1.30 bits per heavy atom. The molecule has 106 valence electrons. The second kappa shape index (κ2) is 4.01. The molecule has 1 aromatic carbocycles. The molecule has 0 bridgehead atoms. The van der Waals surface area contributed by atoms with Crippen molar-refractivity contribution in [2.45, 2.75) is 32.7 Å². The van der Waals surface area contributed by atoms with Crippen LogP contribution in [0.15, 0.2) is 18.2 Å². The Labute approximate surface area is 119 Å². The number of fused-ring (bicyclic) bond motifs is 5. The van der Waals surface area contributed by atoms with Gasteiger partial charge in [-0.25, -0.2) is 0 Å². The molecule has 3 heterocycles. The smallest absolute Gasteiger partial charge is 0.119 e. The molecule has 3 heteroatoms. The van der Waals surface area contributed by atoms with Gasteiger partial charge in [-0.05, 0) is 48.6 Å². The van der Waals surface area contributed by atoms with E-state index in [1.54, 1.807) is 7.11 Å². The lowest BCUT2D eigenvalue weighted by Crippen LogP contribution is -2.35. The van der Waals surface area contributed by atoms with Crippen LogP contribution in [0, 0.1) is 5.41 Å². The molecule has 0 aliphatic carbocycles. The van der Waals surface area contributed by atoms with Crippen molar-refractivity contribution in [2.75, 3.05) is 20.2 Å². The van der Waals surface area contributed by atoms with E-state index in [1.807, 2.05) is 6.07 Å². The van der Waals surface area contributed by atoms with Crippen molar-refractivity contribution in [2.24, 2.45) is 5.41 Å². The molecule has 4 rings (SSSR count). The highest BCUT2D eigenvalue weighted by molar-refractivity contribution is 5.86. The van der Waals surface area contributed by atoms with E-state index in [0.29, 0.717) is 11.5 Å². The molecule has 1 fully saturated rings. The first-order valence-corrected chi connectivity index (χ1v) is 7.53. The standard InChI is InChI=1S/C17H22N2O/c1-17(2)7-9-19-8-6-12-13-10-11(20-3)4-5-14(13)18-15(12)16(17)19/h4-5,10,16,18H,6-9H2,1-3H3. The quantitative estimate of drug-likeness (QED) is 0.859. The number of ether oxygens (including phenoxy) is 1. The summed E-state index contributed by atoms with van der Waals surface area (Å²) in [6.45, 7) is 7.22. The zero-order valence-corrected chi connectivity index (χ0v) is 12.5. The van der Waals surface area contributed by atoms with E-state index in [2.05, 4.69) is 35.9 Å². The van der Waals surface area contributed by atoms with Crippen LogP contribution in [0.3, 0.4) is 0 Å². The molecule has 20 heavy (non-hydrogen) atoms. The molecule has 0 radical (unpaired) electrons. The van der Waals surface area contributed by atoms with Gasteiger partial charge in [-0.15, -0.1) is 0 Å². The van der Waals surface area contributed by atoms with Gasteiger partial charge >= 0.3 is 0 Å². The Bertz CT molecular complexity index is 671. The Morgan fingerprint density at radius 2 is 2.15 bits per heavy atom.